The van der Waals surface area contributed by atoms with Gasteiger partial charge in [-0.15, -0.1) is 0 Å². The van der Waals surface area contributed by atoms with Crippen LogP contribution in [0.1, 0.15) is 32.1 Å². The molecule has 0 radical (unpaired) electrons. The average Bonchev–Trinajstić information content (AvgIpc) is 1.79. The van der Waals surface area contributed by atoms with Gasteiger partial charge in [-0.1, -0.05) is 25.0 Å². The SMILES string of the molecule is O[C@@H]1/C=C/CCCCC1. The summed E-state index contributed by atoms with van der Waals surface area (Å²) in [7, 11) is 0. The Balaban J connectivity index is 2.30. The lowest BCUT2D eigenvalue weighted by molar-refractivity contribution is 0.206. The van der Waals surface area contributed by atoms with Gasteiger partial charge < -0.3 is 5.11 Å². The average molecular weight is 126 g/mol. The maximum absolute atomic E-state index is 9.13. The third kappa shape index (κ3) is 2.66. The number of hydrogen-bond donors (Lipinski definition) is 1. The zero-order valence-corrected chi connectivity index (χ0v) is 5.71. The minimum atomic E-state index is -0.162. The quantitative estimate of drug-likeness (QED) is 0.491. The van der Waals surface area contributed by atoms with Gasteiger partial charge in [-0.25, -0.2) is 0 Å². The van der Waals surface area contributed by atoms with Gasteiger partial charge >= 0.3 is 0 Å². The minimum absolute atomic E-state index is 0.162. The highest BCUT2D eigenvalue weighted by Gasteiger charge is 2.00. The molecule has 9 heavy (non-hydrogen) atoms. The second kappa shape index (κ2) is 3.67. The Labute approximate surface area is 56.4 Å². The lowest BCUT2D eigenvalue weighted by Crippen LogP contribution is -2.02. The summed E-state index contributed by atoms with van der Waals surface area (Å²) in [4.78, 5) is 0. The molecule has 1 rings (SSSR count). The highest BCUT2D eigenvalue weighted by Crippen LogP contribution is 2.10. The van der Waals surface area contributed by atoms with Gasteiger partial charge in [-0.2, -0.15) is 0 Å². The number of aliphatic hydroxyl groups excluding tert-OH is 1. The van der Waals surface area contributed by atoms with Crippen LogP contribution in [0.2, 0.25) is 0 Å². The molecule has 1 aliphatic carbocycles. The van der Waals surface area contributed by atoms with E-state index in [1.807, 2.05) is 6.08 Å². The highest BCUT2D eigenvalue weighted by molar-refractivity contribution is 4.89. The van der Waals surface area contributed by atoms with E-state index >= 15 is 0 Å². The fourth-order valence-electron chi connectivity index (χ4n) is 1.14. The molecule has 0 saturated carbocycles. The van der Waals surface area contributed by atoms with E-state index in [4.69, 9.17) is 5.11 Å². The summed E-state index contributed by atoms with van der Waals surface area (Å²) in [6, 6.07) is 0. The summed E-state index contributed by atoms with van der Waals surface area (Å²) >= 11 is 0. The summed E-state index contributed by atoms with van der Waals surface area (Å²) in [5, 5.41) is 9.13. The molecule has 0 amide bonds. The van der Waals surface area contributed by atoms with Crippen LogP contribution in [0.5, 0.6) is 0 Å². The van der Waals surface area contributed by atoms with Crippen molar-refractivity contribution in [3.63, 3.8) is 0 Å². The Morgan fingerprint density at radius 1 is 1.22 bits per heavy atom. The number of rotatable bonds is 0. The largest absolute Gasteiger partial charge is 0.389 e. The van der Waals surface area contributed by atoms with E-state index in [0.717, 1.165) is 12.8 Å². The first kappa shape index (κ1) is 6.81. The summed E-state index contributed by atoms with van der Waals surface area (Å²) < 4.78 is 0. The van der Waals surface area contributed by atoms with Crippen molar-refractivity contribution >= 4 is 0 Å². The monoisotopic (exact) mass is 126 g/mol. The fourth-order valence-corrected chi connectivity index (χ4v) is 1.14. The predicted octanol–water partition coefficient (Wildman–Crippen LogP) is 1.87. The zero-order chi connectivity index (χ0) is 6.53. The van der Waals surface area contributed by atoms with Crippen molar-refractivity contribution in [3.05, 3.63) is 12.2 Å². The molecule has 0 heterocycles. The van der Waals surface area contributed by atoms with Crippen LogP contribution in [0.4, 0.5) is 0 Å². The van der Waals surface area contributed by atoms with Crippen molar-refractivity contribution in [2.24, 2.45) is 0 Å². The van der Waals surface area contributed by atoms with Gasteiger partial charge in [0.05, 0.1) is 6.10 Å². The Morgan fingerprint density at radius 3 is 3.00 bits per heavy atom. The Kier molecular flexibility index (Phi) is 2.78. The van der Waals surface area contributed by atoms with Crippen LogP contribution in [0, 0.1) is 0 Å². The Morgan fingerprint density at radius 2 is 2.11 bits per heavy atom. The summed E-state index contributed by atoms with van der Waals surface area (Å²) in [6.45, 7) is 0. The Hall–Kier alpha value is -0.300. The molecular weight excluding hydrogens is 112 g/mol. The summed E-state index contributed by atoms with van der Waals surface area (Å²) in [6.07, 6.45) is 9.71. The molecule has 1 aliphatic rings. The summed E-state index contributed by atoms with van der Waals surface area (Å²) in [5.74, 6) is 0. The topological polar surface area (TPSA) is 20.2 Å². The van der Waals surface area contributed by atoms with E-state index < -0.39 is 0 Å². The molecule has 0 aromatic heterocycles. The van der Waals surface area contributed by atoms with Crippen molar-refractivity contribution in [1.29, 1.82) is 0 Å². The normalized spacial score (nSPS) is 32.8. The number of aliphatic hydroxyl groups is 1. The van der Waals surface area contributed by atoms with E-state index in [1.165, 1.54) is 19.3 Å². The fraction of sp³-hybridized carbons (Fsp3) is 0.750. The second-order valence-corrected chi connectivity index (χ2v) is 2.63. The molecule has 52 valence electrons. The van der Waals surface area contributed by atoms with Crippen LogP contribution < -0.4 is 0 Å². The molecule has 0 fully saturated rings. The van der Waals surface area contributed by atoms with Crippen LogP contribution >= 0.6 is 0 Å². The Bertz CT molecular complexity index is 96.7. The van der Waals surface area contributed by atoms with Gasteiger partial charge in [0, 0.05) is 0 Å². The van der Waals surface area contributed by atoms with Crippen molar-refractivity contribution in [1.82, 2.24) is 0 Å². The van der Waals surface area contributed by atoms with Crippen LogP contribution in [-0.2, 0) is 0 Å². The lowest BCUT2D eigenvalue weighted by atomic mass is 10.0. The van der Waals surface area contributed by atoms with Crippen LogP contribution in [0.25, 0.3) is 0 Å². The molecule has 0 aliphatic heterocycles. The molecule has 1 atom stereocenters. The maximum Gasteiger partial charge on any atom is 0.0720 e. The summed E-state index contributed by atoms with van der Waals surface area (Å²) in [5.41, 5.74) is 0. The first-order valence-electron chi connectivity index (χ1n) is 3.74. The minimum Gasteiger partial charge on any atom is -0.389 e. The molecule has 1 nitrogen and oxygen atoms in total. The van der Waals surface area contributed by atoms with E-state index in [9.17, 15) is 0 Å². The molecule has 0 aromatic rings. The zero-order valence-electron chi connectivity index (χ0n) is 5.71. The second-order valence-electron chi connectivity index (χ2n) is 2.63. The molecular formula is C8H14O. The van der Waals surface area contributed by atoms with Crippen LogP contribution in [-0.4, -0.2) is 11.2 Å². The number of hydrogen-bond acceptors (Lipinski definition) is 1. The standard InChI is InChI=1S/C8H14O/c9-8-6-4-2-1-3-5-7-8/h4,6,8-9H,1-3,5,7H2/b6-4+/t8-/m1/s1. The molecule has 0 saturated heterocycles. The van der Waals surface area contributed by atoms with Gasteiger partial charge in [-0.05, 0) is 19.3 Å². The smallest absolute Gasteiger partial charge is 0.0720 e. The first-order chi connectivity index (χ1) is 4.39. The molecule has 0 aromatic carbocycles. The maximum atomic E-state index is 9.13. The van der Waals surface area contributed by atoms with Gasteiger partial charge in [0.1, 0.15) is 0 Å². The van der Waals surface area contributed by atoms with Crippen LogP contribution in [0.3, 0.4) is 0 Å². The van der Waals surface area contributed by atoms with Crippen LogP contribution in [0.15, 0.2) is 12.2 Å². The predicted molar refractivity (Wildman–Crippen MR) is 38.2 cm³/mol. The van der Waals surface area contributed by atoms with Gasteiger partial charge in [0.2, 0.25) is 0 Å². The molecule has 1 N–H and O–H groups in total. The molecule has 1 heteroatoms. The number of allylic oxidation sites excluding steroid dienone is 1. The third-order valence-electron chi connectivity index (χ3n) is 1.73. The van der Waals surface area contributed by atoms with Gasteiger partial charge in [0.25, 0.3) is 0 Å². The molecule has 0 unspecified atom stereocenters. The highest BCUT2D eigenvalue weighted by atomic mass is 16.3. The first-order valence-corrected chi connectivity index (χ1v) is 3.74. The van der Waals surface area contributed by atoms with Crippen molar-refractivity contribution in [2.75, 3.05) is 0 Å². The van der Waals surface area contributed by atoms with Gasteiger partial charge in [0.15, 0.2) is 0 Å². The van der Waals surface area contributed by atoms with E-state index in [1.54, 1.807) is 0 Å². The van der Waals surface area contributed by atoms with Crippen molar-refractivity contribution < 1.29 is 5.11 Å². The van der Waals surface area contributed by atoms with E-state index in [0.29, 0.717) is 0 Å². The lowest BCUT2D eigenvalue weighted by Gasteiger charge is -2.07. The molecule has 0 spiro atoms. The van der Waals surface area contributed by atoms with Gasteiger partial charge in [-0.3, -0.25) is 0 Å². The van der Waals surface area contributed by atoms with Crippen molar-refractivity contribution in [2.45, 2.75) is 38.2 Å². The molecule has 0 bridgehead atoms. The van der Waals surface area contributed by atoms with E-state index in [-0.39, 0.29) is 6.10 Å². The van der Waals surface area contributed by atoms with Crippen molar-refractivity contribution in [3.8, 4) is 0 Å². The van der Waals surface area contributed by atoms with E-state index in [2.05, 4.69) is 6.08 Å². The third-order valence-corrected chi connectivity index (χ3v) is 1.73.